The first-order chi connectivity index (χ1) is 7.27. The van der Waals surface area contributed by atoms with Gasteiger partial charge in [0.1, 0.15) is 0 Å². The summed E-state index contributed by atoms with van der Waals surface area (Å²) in [6, 6.07) is 0.526. The lowest BCUT2D eigenvalue weighted by atomic mass is 9.96. The van der Waals surface area contributed by atoms with E-state index in [1.807, 2.05) is 0 Å². The van der Waals surface area contributed by atoms with Crippen LogP contribution in [0.1, 0.15) is 40.0 Å². The number of hydrogen-bond donors (Lipinski definition) is 1. The Labute approximate surface area is 93.5 Å². The second-order valence-electron chi connectivity index (χ2n) is 4.35. The molecule has 1 aliphatic heterocycles. The summed E-state index contributed by atoms with van der Waals surface area (Å²) < 4.78 is 11.0. The molecule has 3 heteroatoms. The van der Waals surface area contributed by atoms with Crippen LogP contribution in [0.15, 0.2) is 0 Å². The van der Waals surface area contributed by atoms with Crippen molar-refractivity contribution in [2.45, 2.75) is 52.4 Å². The third kappa shape index (κ3) is 4.49. The molecule has 0 aromatic rings. The van der Waals surface area contributed by atoms with E-state index in [0.29, 0.717) is 12.0 Å². The molecule has 0 amide bonds. The molecule has 1 aliphatic rings. The van der Waals surface area contributed by atoms with Gasteiger partial charge in [-0.15, -0.1) is 0 Å². The maximum atomic E-state index is 5.50. The van der Waals surface area contributed by atoms with Crippen LogP contribution in [0.25, 0.3) is 0 Å². The van der Waals surface area contributed by atoms with Gasteiger partial charge in [0.2, 0.25) is 0 Å². The minimum atomic E-state index is 0.0216. The number of nitrogens with one attached hydrogen (secondary N) is 1. The Morgan fingerprint density at radius 2 is 1.93 bits per heavy atom. The lowest BCUT2D eigenvalue weighted by Crippen LogP contribution is -2.38. The van der Waals surface area contributed by atoms with Gasteiger partial charge in [-0.25, -0.2) is 0 Å². The van der Waals surface area contributed by atoms with Gasteiger partial charge < -0.3 is 14.8 Å². The van der Waals surface area contributed by atoms with Crippen molar-refractivity contribution in [2.24, 2.45) is 5.92 Å². The number of ether oxygens (including phenoxy) is 2. The van der Waals surface area contributed by atoms with Gasteiger partial charge in [-0.05, 0) is 18.9 Å². The predicted molar refractivity (Wildman–Crippen MR) is 61.8 cm³/mol. The van der Waals surface area contributed by atoms with Gasteiger partial charge in [-0.2, -0.15) is 0 Å². The van der Waals surface area contributed by atoms with Crippen LogP contribution in [0.5, 0.6) is 0 Å². The lowest BCUT2D eigenvalue weighted by Gasteiger charge is -2.26. The monoisotopic (exact) mass is 215 g/mol. The van der Waals surface area contributed by atoms with E-state index in [-0.39, 0.29) is 6.29 Å². The molecule has 0 aromatic heterocycles. The largest absolute Gasteiger partial charge is 0.350 e. The van der Waals surface area contributed by atoms with Crippen LogP contribution in [0, 0.1) is 5.92 Å². The van der Waals surface area contributed by atoms with Crippen LogP contribution in [-0.4, -0.2) is 32.1 Å². The van der Waals surface area contributed by atoms with E-state index >= 15 is 0 Å². The average Bonchev–Trinajstić information content (AvgIpc) is 2.75. The Morgan fingerprint density at radius 3 is 2.47 bits per heavy atom. The van der Waals surface area contributed by atoms with Gasteiger partial charge >= 0.3 is 0 Å². The zero-order valence-electron chi connectivity index (χ0n) is 10.3. The highest BCUT2D eigenvalue weighted by Gasteiger charge is 2.23. The van der Waals surface area contributed by atoms with Crippen molar-refractivity contribution >= 4 is 0 Å². The van der Waals surface area contributed by atoms with Gasteiger partial charge in [0, 0.05) is 12.5 Å². The molecule has 1 fully saturated rings. The first-order valence-electron chi connectivity index (χ1n) is 6.24. The predicted octanol–water partition coefficient (Wildman–Crippen LogP) is 2.16. The van der Waals surface area contributed by atoms with E-state index in [1.165, 1.54) is 12.8 Å². The summed E-state index contributed by atoms with van der Waals surface area (Å²) in [5.41, 5.74) is 0. The van der Waals surface area contributed by atoms with E-state index in [2.05, 4.69) is 26.1 Å². The number of rotatable bonds is 7. The maximum Gasteiger partial charge on any atom is 0.159 e. The van der Waals surface area contributed by atoms with Crippen LogP contribution in [-0.2, 0) is 9.47 Å². The smallest absolute Gasteiger partial charge is 0.159 e. The fraction of sp³-hybridized carbons (Fsp3) is 1.00. The Bertz CT molecular complexity index is 158. The summed E-state index contributed by atoms with van der Waals surface area (Å²) >= 11 is 0. The van der Waals surface area contributed by atoms with E-state index in [1.54, 1.807) is 0 Å². The molecule has 15 heavy (non-hydrogen) atoms. The zero-order valence-corrected chi connectivity index (χ0v) is 10.3. The van der Waals surface area contributed by atoms with Gasteiger partial charge in [0.15, 0.2) is 6.29 Å². The molecule has 0 bridgehead atoms. The maximum absolute atomic E-state index is 5.50. The molecule has 1 N–H and O–H groups in total. The first kappa shape index (κ1) is 12.9. The summed E-state index contributed by atoms with van der Waals surface area (Å²) in [6.45, 7) is 9.33. The Kier molecular flexibility index (Phi) is 6.22. The van der Waals surface area contributed by atoms with Crippen molar-refractivity contribution < 1.29 is 9.47 Å². The fourth-order valence-electron chi connectivity index (χ4n) is 1.88. The van der Waals surface area contributed by atoms with E-state index < -0.39 is 0 Å². The first-order valence-corrected chi connectivity index (χ1v) is 6.24. The van der Waals surface area contributed by atoms with Gasteiger partial charge in [-0.3, -0.25) is 0 Å². The van der Waals surface area contributed by atoms with Crippen LogP contribution >= 0.6 is 0 Å². The van der Waals surface area contributed by atoms with Crippen molar-refractivity contribution in [1.82, 2.24) is 5.32 Å². The molecular formula is C12H25NO2. The summed E-state index contributed by atoms with van der Waals surface area (Å²) in [5.74, 6) is 0.685. The Balaban J connectivity index is 2.32. The second kappa shape index (κ2) is 7.20. The Morgan fingerprint density at radius 1 is 1.27 bits per heavy atom. The minimum Gasteiger partial charge on any atom is -0.350 e. The minimum absolute atomic E-state index is 0.0216. The van der Waals surface area contributed by atoms with Crippen molar-refractivity contribution in [3.8, 4) is 0 Å². The van der Waals surface area contributed by atoms with Crippen LogP contribution in [0.3, 0.4) is 0 Å². The molecule has 1 heterocycles. The van der Waals surface area contributed by atoms with Crippen molar-refractivity contribution in [3.05, 3.63) is 0 Å². The van der Waals surface area contributed by atoms with Gasteiger partial charge in [0.25, 0.3) is 0 Å². The highest BCUT2D eigenvalue weighted by atomic mass is 16.7. The molecule has 90 valence electrons. The van der Waals surface area contributed by atoms with E-state index in [9.17, 15) is 0 Å². The summed E-state index contributed by atoms with van der Waals surface area (Å²) in [7, 11) is 0. The normalized spacial score (nSPS) is 21.8. The van der Waals surface area contributed by atoms with E-state index in [4.69, 9.17) is 9.47 Å². The average molecular weight is 215 g/mol. The molecule has 0 aliphatic carbocycles. The SMILES string of the molecule is CCCNC(CC1OCCO1)C(C)CC. The molecule has 2 atom stereocenters. The van der Waals surface area contributed by atoms with E-state index in [0.717, 1.165) is 26.2 Å². The van der Waals surface area contributed by atoms with Crippen LogP contribution in [0.4, 0.5) is 0 Å². The summed E-state index contributed by atoms with van der Waals surface area (Å²) in [4.78, 5) is 0. The molecule has 0 spiro atoms. The molecule has 1 saturated heterocycles. The van der Waals surface area contributed by atoms with Gasteiger partial charge in [-0.1, -0.05) is 27.2 Å². The van der Waals surface area contributed by atoms with Gasteiger partial charge in [0.05, 0.1) is 13.2 Å². The lowest BCUT2D eigenvalue weighted by molar-refractivity contribution is -0.0561. The van der Waals surface area contributed by atoms with Crippen molar-refractivity contribution in [1.29, 1.82) is 0 Å². The quantitative estimate of drug-likeness (QED) is 0.706. The molecule has 3 nitrogen and oxygen atoms in total. The zero-order chi connectivity index (χ0) is 11.1. The Hall–Kier alpha value is -0.120. The second-order valence-corrected chi connectivity index (χ2v) is 4.35. The topological polar surface area (TPSA) is 30.5 Å². The highest BCUT2D eigenvalue weighted by molar-refractivity contribution is 4.74. The number of hydrogen-bond acceptors (Lipinski definition) is 3. The third-order valence-electron chi connectivity index (χ3n) is 3.12. The molecule has 2 unspecified atom stereocenters. The molecule has 0 aromatic carbocycles. The van der Waals surface area contributed by atoms with Crippen molar-refractivity contribution in [3.63, 3.8) is 0 Å². The third-order valence-corrected chi connectivity index (χ3v) is 3.12. The summed E-state index contributed by atoms with van der Waals surface area (Å²) in [5, 5.41) is 3.59. The standard InChI is InChI=1S/C12H25NO2/c1-4-6-13-11(10(3)5-2)9-12-14-7-8-15-12/h10-13H,4-9H2,1-3H3. The molecular weight excluding hydrogens is 190 g/mol. The summed E-state index contributed by atoms with van der Waals surface area (Å²) in [6.07, 6.45) is 3.39. The molecule has 1 rings (SSSR count). The molecule has 0 radical (unpaired) electrons. The van der Waals surface area contributed by atoms with Crippen molar-refractivity contribution in [2.75, 3.05) is 19.8 Å². The highest BCUT2D eigenvalue weighted by Crippen LogP contribution is 2.17. The molecule has 0 saturated carbocycles. The van der Waals surface area contributed by atoms with Crippen LogP contribution < -0.4 is 5.32 Å². The van der Waals surface area contributed by atoms with Crippen LogP contribution in [0.2, 0.25) is 0 Å². The fourth-order valence-corrected chi connectivity index (χ4v) is 1.88.